The van der Waals surface area contributed by atoms with Crippen LogP contribution in [-0.4, -0.2) is 24.1 Å². The number of nitrogens with one attached hydrogen (secondary N) is 1. The van der Waals surface area contributed by atoms with Crippen LogP contribution in [-0.2, 0) is 0 Å². The van der Waals surface area contributed by atoms with Gasteiger partial charge in [0.15, 0.2) is 22.2 Å². The second kappa shape index (κ2) is 7.28. The lowest BCUT2D eigenvalue weighted by Gasteiger charge is -2.02. The highest BCUT2D eigenvalue weighted by atomic mass is 32.1. The molecule has 0 radical (unpaired) electrons. The third-order valence-corrected chi connectivity index (χ3v) is 4.86. The first-order chi connectivity index (χ1) is 13.2. The maximum Gasteiger partial charge on any atom is 0.293 e. The van der Waals surface area contributed by atoms with Crippen molar-refractivity contribution < 1.29 is 18.7 Å². The Bertz CT molecular complexity index is 1120. The molecule has 4 rings (SSSR count). The number of para-hydroxylation sites is 1. The first-order valence-electron chi connectivity index (χ1n) is 8.68. The zero-order chi connectivity index (χ0) is 18.8. The van der Waals surface area contributed by atoms with Gasteiger partial charge in [0.2, 0.25) is 0 Å². The molecule has 4 aromatic rings. The summed E-state index contributed by atoms with van der Waals surface area (Å²) in [5.74, 6) is 1.27. The zero-order valence-corrected chi connectivity index (χ0v) is 15.8. The minimum atomic E-state index is -0.349. The summed E-state index contributed by atoms with van der Waals surface area (Å²) in [5.41, 5.74) is 1.37. The van der Waals surface area contributed by atoms with E-state index in [9.17, 15) is 4.79 Å². The van der Waals surface area contributed by atoms with E-state index in [-0.39, 0.29) is 11.7 Å². The van der Waals surface area contributed by atoms with Gasteiger partial charge in [-0.3, -0.25) is 10.1 Å². The average Bonchev–Trinajstić information content (AvgIpc) is 3.26. The lowest BCUT2D eigenvalue weighted by atomic mass is 10.2. The van der Waals surface area contributed by atoms with Crippen molar-refractivity contribution in [3.05, 3.63) is 48.2 Å². The molecule has 138 valence electrons. The van der Waals surface area contributed by atoms with Crippen LogP contribution < -0.4 is 14.8 Å². The number of benzene rings is 2. The fraction of sp³-hybridized carbons (Fsp3) is 0.200. The number of hydrogen-bond acceptors (Lipinski definition) is 6. The second-order valence-corrected chi connectivity index (χ2v) is 6.78. The van der Waals surface area contributed by atoms with Crippen LogP contribution in [0.15, 0.2) is 46.9 Å². The van der Waals surface area contributed by atoms with E-state index in [2.05, 4.69) is 10.3 Å². The number of hydrogen-bond donors (Lipinski definition) is 1. The molecule has 0 atom stereocenters. The highest BCUT2D eigenvalue weighted by Crippen LogP contribution is 2.31. The number of rotatable bonds is 6. The van der Waals surface area contributed by atoms with Crippen LogP contribution in [0.25, 0.3) is 21.2 Å². The number of aromatic nitrogens is 1. The van der Waals surface area contributed by atoms with Crippen LogP contribution in [0, 0.1) is 0 Å². The van der Waals surface area contributed by atoms with E-state index in [1.165, 1.54) is 11.3 Å². The normalized spacial score (nSPS) is 11.0. The summed E-state index contributed by atoms with van der Waals surface area (Å²) >= 11 is 1.39. The molecule has 0 spiro atoms. The highest BCUT2D eigenvalue weighted by Gasteiger charge is 2.17. The SMILES string of the molecule is CCOc1ccc2nc(NC(=O)c3cc4cccc(OCC)c4o3)sc2c1. The molecule has 27 heavy (non-hydrogen) atoms. The van der Waals surface area contributed by atoms with Crippen LogP contribution in [0.2, 0.25) is 0 Å². The Morgan fingerprint density at radius 3 is 2.81 bits per heavy atom. The van der Waals surface area contributed by atoms with Crippen LogP contribution in [0.4, 0.5) is 5.13 Å². The molecule has 0 saturated heterocycles. The predicted molar refractivity (Wildman–Crippen MR) is 106 cm³/mol. The molecule has 2 aromatic carbocycles. The molecular formula is C20H18N2O4S. The quantitative estimate of drug-likeness (QED) is 0.503. The van der Waals surface area contributed by atoms with Crippen molar-refractivity contribution in [2.45, 2.75) is 13.8 Å². The van der Waals surface area contributed by atoms with Crippen molar-refractivity contribution >= 4 is 43.6 Å². The Morgan fingerprint density at radius 2 is 2.00 bits per heavy atom. The van der Waals surface area contributed by atoms with Crippen LogP contribution in [0.1, 0.15) is 24.4 Å². The predicted octanol–water partition coefficient (Wildman–Crippen LogP) is 5.09. The Balaban J connectivity index is 1.59. The first kappa shape index (κ1) is 17.4. The zero-order valence-electron chi connectivity index (χ0n) is 14.9. The third-order valence-electron chi connectivity index (χ3n) is 3.92. The maximum absolute atomic E-state index is 12.6. The number of furan rings is 1. The summed E-state index contributed by atoms with van der Waals surface area (Å²) in [7, 11) is 0. The average molecular weight is 382 g/mol. The Kier molecular flexibility index (Phi) is 4.68. The molecule has 0 bridgehead atoms. The van der Waals surface area contributed by atoms with E-state index in [0.29, 0.717) is 29.7 Å². The van der Waals surface area contributed by atoms with E-state index in [4.69, 9.17) is 13.9 Å². The Morgan fingerprint density at radius 1 is 1.15 bits per heavy atom. The van der Waals surface area contributed by atoms with E-state index in [1.54, 1.807) is 6.07 Å². The maximum atomic E-state index is 12.6. The fourth-order valence-electron chi connectivity index (χ4n) is 2.79. The summed E-state index contributed by atoms with van der Waals surface area (Å²) < 4.78 is 17.7. The van der Waals surface area contributed by atoms with Gasteiger partial charge in [0, 0.05) is 5.39 Å². The van der Waals surface area contributed by atoms with E-state index in [1.807, 2.05) is 50.2 Å². The minimum Gasteiger partial charge on any atom is -0.494 e. The smallest absolute Gasteiger partial charge is 0.293 e. The van der Waals surface area contributed by atoms with Gasteiger partial charge in [0.05, 0.1) is 23.4 Å². The number of anilines is 1. The van der Waals surface area contributed by atoms with Gasteiger partial charge >= 0.3 is 0 Å². The van der Waals surface area contributed by atoms with Crippen LogP contribution in [0.3, 0.4) is 0 Å². The summed E-state index contributed by atoms with van der Waals surface area (Å²) in [6.07, 6.45) is 0. The van der Waals surface area contributed by atoms with Crippen molar-refractivity contribution in [1.82, 2.24) is 4.98 Å². The van der Waals surface area contributed by atoms with Gasteiger partial charge in [-0.05, 0) is 44.2 Å². The number of amides is 1. The fourth-order valence-corrected chi connectivity index (χ4v) is 3.68. The van der Waals surface area contributed by atoms with Crippen LogP contribution in [0.5, 0.6) is 11.5 Å². The number of fused-ring (bicyclic) bond motifs is 2. The molecule has 6 nitrogen and oxygen atoms in total. The summed E-state index contributed by atoms with van der Waals surface area (Å²) in [4.78, 5) is 17.0. The number of carbonyl (C=O) groups is 1. The third kappa shape index (κ3) is 3.46. The van der Waals surface area contributed by atoms with Gasteiger partial charge in [-0.15, -0.1) is 0 Å². The lowest BCUT2D eigenvalue weighted by Crippen LogP contribution is -2.10. The molecule has 2 aromatic heterocycles. The van der Waals surface area contributed by atoms with Gasteiger partial charge in [-0.1, -0.05) is 23.5 Å². The molecule has 7 heteroatoms. The van der Waals surface area contributed by atoms with Crippen molar-refractivity contribution in [2.24, 2.45) is 0 Å². The van der Waals surface area contributed by atoms with Crippen molar-refractivity contribution in [1.29, 1.82) is 0 Å². The van der Waals surface area contributed by atoms with Crippen LogP contribution >= 0.6 is 11.3 Å². The summed E-state index contributed by atoms with van der Waals surface area (Å²) in [5, 5.41) is 4.13. The lowest BCUT2D eigenvalue weighted by molar-refractivity contribution is 0.0998. The molecular weight excluding hydrogens is 364 g/mol. The Labute approximate surface area is 159 Å². The first-order valence-corrected chi connectivity index (χ1v) is 9.49. The molecule has 0 unspecified atom stereocenters. The number of ether oxygens (including phenoxy) is 2. The summed E-state index contributed by atoms with van der Waals surface area (Å²) in [6, 6.07) is 12.9. The molecule has 0 saturated carbocycles. The molecule has 1 N–H and O–H groups in total. The molecule has 0 aliphatic rings. The largest absolute Gasteiger partial charge is 0.494 e. The number of nitrogens with zero attached hydrogens (tertiary/aromatic N) is 1. The molecule has 1 amide bonds. The van der Waals surface area contributed by atoms with Gasteiger partial charge in [-0.2, -0.15) is 0 Å². The van der Waals surface area contributed by atoms with Gasteiger partial charge in [-0.25, -0.2) is 4.98 Å². The monoisotopic (exact) mass is 382 g/mol. The standard InChI is InChI=1S/C20H18N2O4S/c1-3-24-13-8-9-14-17(11-13)27-20(21-14)22-19(23)16-10-12-6-5-7-15(25-4-2)18(12)26-16/h5-11H,3-4H2,1-2H3,(H,21,22,23). The van der Waals surface area contributed by atoms with Crippen molar-refractivity contribution in [3.63, 3.8) is 0 Å². The van der Waals surface area contributed by atoms with E-state index in [0.717, 1.165) is 21.4 Å². The molecule has 0 aliphatic carbocycles. The molecule has 2 heterocycles. The molecule has 0 fully saturated rings. The Hall–Kier alpha value is -3.06. The van der Waals surface area contributed by atoms with Crippen molar-refractivity contribution in [2.75, 3.05) is 18.5 Å². The summed E-state index contributed by atoms with van der Waals surface area (Å²) in [6.45, 7) is 4.97. The molecule has 0 aliphatic heterocycles. The number of thiazole rings is 1. The van der Waals surface area contributed by atoms with E-state index >= 15 is 0 Å². The topological polar surface area (TPSA) is 73.6 Å². The van der Waals surface area contributed by atoms with Gasteiger partial charge in [0.25, 0.3) is 5.91 Å². The van der Waals surface area contributed by atoms with Crippen molar-refractivity contribution in [3.8, 4) is 11.5 Å². The number of carbonyl (C=O) groups excluding carboxylic acids is 1. The highest BCUT2D eigenvalue weighted by molar-refractivity contribution is 7.22. The van der Waals surface area contributed by atoms with E-state index < -0.39 is 0 Å². The minimum absolute atomic E-state index is 0.214. The second-order valence-electron chi connectivity index (χ2n) is 5.75. The van der Waals surface area contributed by atoms with Gasteiger partial charge < -0.3 is 13.9 Å². The van der Waals surface area contributed by atoms with Gasteiger partial charge in [0.1, 0.15) is 5.75 Å².